The van der Waals surface area contributed by atoms with Crippen LogP contribution in [0.5, 0.6) is 0 Å². The molecule has 0 fully saturated rings. The van der Waals surface area contributed by atoms with Gasteiger partial charge in [0.25, 0.3) is 5.91 Å². The Morgan fingerprint density at radius 3 is 2.71 bits per heavy atom. The maximum absolute atomic E-state index is 12.2. The molecule has 0 saturated heterocycles. The van der Waals surface area contributed by atoms with Crippen LogP contribution in [0.1, 0.15) is 21.5 Å². The lowest BCUT2D eigenvalue weighted by molar-refractivity contribution is 0.0954. The molecule has 3 amide bonds. The van der Waals surface area contributed by atoms with E-state index in [9.17, 15) is 9.59 Å². The summed E-state index contributed by atoms with van der Waals surface area (Å²) in [5.41, 5.74) is 7.19. The molecule has 1 heterocycles. The third kappa shape index (κ3) is 3.78. The second kappa shape index (κ2) is 6.98. The first kappa shape index (κ1) is 15.9. The molecule has 0 aliphatic carbocycles. The van der Waals surface area contributed by atoms with Gasteiger partial charge >= 0.3 is 6.03 Å². The van der Waals surface area contributed by atoms with Gasteiger partial charge in [0.1, 0.15) is 0 Å². The number of hydrogen-bond donors (Lipinski definition) is 4. The van der Waals surface area contributed by atoms with Crippen molar-refractivity contribution in [2.24, 2.45) is 5.73 Å². The molecule has 0 aromatic heterocycles. The normalized spacial score (nSPS) is 13.4. The predicted octanol–water partition coefficient (Wildman–Crippen LogP) is 1.04. The Kier molecular flexibility index (Phi) is 5.27. The molecule has 21 heavy (non-hydrogen) atoms. The number of halogens is 2. The van der Waals surface area contributed by atoms with E-state index >= 15 is 0 Å². The summed E-state index contributed by atoms with van der Waals surface area (Å²) in [7, 11) is 0. The highest BCUT2D eigenvalue weighted by Crippen LogP contribution is 2.32. The van der Waals surface area contributed by atoms with E-state index in [4.69, 9.17) is 28.9 Å². The van der Waals surface area contributed by atoms with Crippen molar-refractivity contribution >= 4 is 35.1 Å². The summed E-state index contributed by atoms with van der Waals surface area (Å²) in [5.74, 6) is -0.363. The lowest BCUT2D eigenvalue weighted by Crippen LogP contribution is -2.37. The topological polar surface area (TPSA) is 96.2 Å². The molecular weight excluding hydrogens is 315 g/mol. The van der Waals surface area contributed by atoms with Crippen LogP contribution in [0.3, 0.4) is 0 Å². The van der Waals surface area contributed by atoms with Gasteiger partial charge in [-0.2, -0.15) is 0 Å². The minimum absolute atomic E-state index is 0.241. The fourth-order valence-electron chi connectivity index (χ4n) is 2.23. The maximum atomic E-state index is 12.2. The van der Waals surface area contributed by atoms with Crippen molar-refractivity contribution in [3.8, 4) is 0 Å². The van der Waals surface area contributed by atoms with Crippen LogP contribution in [-0.4, -0.2) is 31.6 Å². The maximum Gasteiger partial charge on any atom is 0.312 e. The molecule has 0 atom stereocenters. The molecule has 0 spiro atoms. The number of benzene rings is 1. The lowest BCUT2D eigenvalue weighted by atomic mass is 9.97. The SMILES string of the molecule is NC(=O)NCCNC(=O)c1c(Cl)cc2c(c1Cl)CCNC2. The zero-order chi connectivity index (χ0) is 15.4. The number of hydrogen-bond acceptors (Lipinski definition) is 3. The molecule has 114 valence electrons. The Bertz CT molecular complexity index is 578. The van der Waals surface area contributed by atoms with Crippen molar-refractivity contribution < 1.29 is 9.59 Å². The molecule has 6 nitrogen and oxygen atoms in total. The molecule has 0 radical (unpaired) electrons. The summed E-state index contributed by atoms with van der Waals surface area (Å²) in [6, 6.07) is 1.13. The van der Waals surface area contributed by atoms with E-state index in [1.807, 2.05) is 0 Å². The quantitative estimate of drug-likeness (QED) is 0.621. The number of nitrogens with one attached hydrogen (secondary N) is 3. The van der Waals surface area contributed by atoms with Crippen LogP contribution in [0.2, 0.25) is 10.0 Å². The van der Waals surface area contributed by atoms with E-state index in [1.165, 1.54) is 0 Å². The van der Waals surface area contributed by atoms with Gasteiger partial charge < -0.3 is 21.7 Å². The second-order valence-electron chi connectivity index (χ2n) is 4.66. The van der Waals surface area contributed by atoms with Crippen molar-refractivity contribution in [2.75, 3.05) is 19.6 Å². The molecule has 2 rings (SSSR count). The Morgan fingerprint density at radius 1 is 1.29 bits per heavy atom. The fraction of sp³-hybridized carbons (Fsp3) is 0.385. The highest BCUT2D eigenvalue weighted by atomic mass is 35.5. The zero-order valence-corrected chi connectivity index (χ0v) is 12.8. The molecule has 0 saturated carbocycles. The summed E-state index contributed by atoms with van der Waals surface area (Å²) in [5, 5.41) is 8.98. The summed E-state index contributed by atoms with van der Waals surface area (Å²) >= 11 is 12.5. The van der Waals surface area contributed by atoms with E-state index in [2.05, 4.69) is 16.0 Å². The van der Waals surface area contributed by atoms with Crippen LogP contribution in [0.25, 0.3) is 0 Å². The van der Waals surface area contributed by atoms with E-state index in [-0.39, 0.29) is 24.6 Å². The van der Waals surface area contributed by atoms with Crippen LogP contribution >= 0.6 is 23.2 Å². The first-order valence-corrected chi connectivity index (χ1v) is 7.28. The van der Waals surface area contributed by atoms with Gasteiger partial charge in [-0.1, -0.05) is 23.2 Å². The van der Waals surface area contributed by atoms with Crippen LogP contribution in [0.15, 0.2) is 6.07 Å². The summed E-state index contributed by atoms with van der Waals surface area (Å²) in [6.07, 6.45) is 0.759. The number of carbonyl (C=O) groups excluding carboxylic acids is 2. The average molecular weight is 331 g/mol. The van der Waals surface area contributed by atoms with Crippen molar-refractivity contribution in [3.63, 3.8) is 0 Å². The Morgan fingerprint density at radius 2 is 2.00 bits per heavy atom. The van der Waals surface area contributed by atoms with Crippen molar-refractivity contribution in [1.82, 2.24) is 16.0 Å². The summed E-state index contributed by atoms with van der Waals surface area (Å²) in [4.78, 5) is 22.7. The zero-order valence-electron chi connectivity index (χ0n) is 11.3. The largest absolute Gasteiger partial charge is 0.352 e. The fourth-order valence-corrected chi connectivity index (χ4v) is 3.00. The summed E-state index contributed by atoms with van der Waals surface area (Å²) < 4.78 is 0. The Hall–Kier alpha value is -1.50. The van der Waals surface area contributed by atoms with Gasteiger partial charge in [-0.3, -0.25) is 4.79 Å². The number of nitrogens with two attached hydrogens (primary N) is 1. The monoisotopic (exact) mass is 330 g/mol. The molecule has 1 aromatic carbocycles. The number of fused-ring (bicyclic) bond motifs is 1. The molecule has 0 unspecified atom stereocenters. The predicted molar refractivity (Wildman–Crippen MR) is 81.8 cm³/mol. The van der Waals surface area contributed by atoms with Crippen LogP contribution in [-0.2, 0) is 13.0 Å². The van der Waals surface area contributed by atoms with Gasteiger partial charge in [0, 0.05) is 19.6 Å². The van der Waals surface area contributed by atoms with Gasteiger partial charge in [-0.15, -0.1) is 0 Å². The van der Waals surface area contributed by atoms with E-state index in [1.54, 1.807) is 6.07 Å². The van der Waals surface area contributed by atoms with Crippen LogP contribution < -0.4 is 21.7 Å². The van der Waals surface area contributed by atoms with Crippen molar-refractivity contribution in [1.29, 1.82) is 0 Å². The standard InChI is InChI=1S/C13H16Cl2N4O2/c14-9-5-7-6-17-2-1-8(7)11(15)10(9)12(20)18-3-4-19-13(16)21/h5,17H,1-4,6H2,(H,18,20)(H3,16,19,21). The smallest absolute Gasteiger partial charge is 0.312 e. The van der Waals surface area contributed by atoms with E-state index in [0.29, 0.717) is 16.6 Å². The van der Waals surface area contributed by atoms with E-state index < -0.39 is 6.03 Å². The first-order chi connectivity index (χ1) is 10.0. The number of carbonyl (C=O) groups is 2. The lowest BCUT2D eigenvalue weighted by Gasteiger charge is -2.21. The summed E-state index contributed by atoms with van der Waals surface area (Å²) in [6.45, 7) is 2.00. The third-order valence-corrected chi connectivity index (χ3v) is 3.93. The van der Waals surface area contributed by atoms with Crippen LogP contribution in [0.4, 0.5) is 4.79 Å². The van der Waals surface area contributed by atoms with Crippen molar-refractivity contribution in [3.05, 3.63) is 32.8 Å². The number of rotatable bonds is 4. The van der Waals surface area contributed by atoms with Gasteiger partial charge in [0.2, 0.25) is 0 Å². The molecule has 1 aliphatic heterocycles. The number of amides is 3. The minimum Gasteiger partial charge on any atom is -0.352 e. The van der Waals surface area contributed by atoms with Crippen molar-refractivity contribution in [2.45, 2.75) is 13.0 Å². The van der Waals surface area contributed by atoms with Gasteiger partial charge in [-0.25, -0.2) is 4.79 Å². The molecule has 1 aliphatic rings. The molecule has 0 bridgehead atoms. The Balaban J connectivity index is 2.12. The molecule has 8 heteroatoms. The first-order valence-electron chi connectivity index (χ1n) is 6.52. The van der Waals surface area contributed by atoms with Crippen LogP contribution in [0, 0.1) is 0 Å². The number of urea groups is 1. The van der Waals surface area contributed by atoms with Gasteiger partial charge in [-0.05, 0) is 30.2 Å². The van der Waals surface area contributed by atoms with Gasteiger partial charge in [0.05, 0.1) is 15.6 Å². The highest BCUT2D eigenvalue weighted by molar-refractivity contribution is 6.40. The molecular formula is C13H16Cl2N4O2. The molecule has 1 aromatic rings. The van der Waals surface area contributed by atoms with Gasteiger partial charge in [0.15, 0.2) is 0 Å². The van der Waals surface area contributed by atoms with E-state index in [0.717, 1.165) is 24.1 Å². The number of primary amides is 1. The minimum atomic E-state index is -0.637. The average Bonchev–Trinajstić information content (AvgIpc) is 2.43. The molecule has 5 N–H and O–H groups in total. The highest BCUT2D eigenvalue weighted by Gasteiger charge is 2.22. The third-order valence-electron chi connectivity index (χ3n) is 3.22. The Labute approximate surface area is 132 Å². The second-order valence-corrected chi connectivity index (χ2v) is 5.44.